The normalized spacial score (nSPS) is 23.9. The van der Waals surface area contributed by atoms with Crippen LogP contribution in [0.15, 0.2) is 0 Å². The molecule has 0 saturated heterocycles. The summed E-state index contributed by atoms with van der Waals surface area (Å²) in [6, 6.07) is -0.922. The summed E-state index contributed by atoms with van der Waals surface area (Å²) in [7, 11) is 0. The minimum absolute atomic E-state index is 0.00187. The second kappa shape index (κ2) is 7.34. The third-order valence-corrected chi connectivity index (χ3v) is 3.78. The molecule has 1 rings (SSSR count). The van der Waals surface area contributed by atoms with Gasteiger partial charge in [0, 0.05) is 12.8 Å². The van der Waals surface area contributed by atoms with Gasteiger partial charge in [0.15, 0.2) is 0 Å². The summed E-state index contributed by atoms with van der Waals surface area (Å²) in [6.45, 7) is 0. The number of hydrogen-bond acceptors (Lipinski definition) is 2. The van der Waals surface area contributed by atoms with Crippen LogP contribution in [-0.4, -0.2) is 24.0 Å². The van der Waals surface area contributed by atoms with Crippen molar-refractivity contribution in [1.82, 2.24) is 5.32 Å². The predicted octanol–water partition coefficient (Wildman–Crippen LogP) is 1.74. The Bertz CT molecular complexity index is 421. The number of halogens is 3. The largest absolute Gasteiger partial charge is 0.391 e. The minimum atomic E-state index is -4.16. The van der Waals surface area contributed by atoms with E-state index in [0.717, 1.165) is 0 Å². The van der Waals surface area contributed by atoms with E-state index in [-0.39, 0.29) is 31.6 Å². The van der Waals surface area contributed by atoms with Crippen LogP contribution < -0.4 is 11.1 Å². The predicted molar refractivity (Wildman–Crippen MR) is 70.7 cm³/mol. The second-order valence-corrected chi connectivity index (χ2v) is 5.39. The molecule has 0 aromatic carbocycles. The van der Waals surface area contributed by atoms with Gasteiger partial charge in [0.2, 0.25) is 11.8 Å². The molecule has 21 heavy (non-hydrogen) atoms. The molecule has 1 aliphatic carbocycles. The Morgan fingerprint density at radius 2 is 1.86 bits per heavy atom. The van der Waals surface area contributed by atoms with Crippen molar-refractivity contribution >= 4 is 11.8 Å². The highest BCUT2D eigenvalue weighted by molar-refractivity contribution is 5.86. The van der Waals surface area contributed by atoms with Gasteiger partial charge in [-0.25, -0.2) is 0 Å². The molecule has 4 nitrogen and oxygen atoms in total. The number of amides is 2. The first-order chi connectivity index (χ1) is 9.74. The SMILES string of the molecule is C#CC[C@@H](NC(=O)CC1CCC(C(F)(F)F)CC1)C(N)=O. The molecule has 1 fully saturated rings. The summed E-state index contributed by atoms with van der Waals surface area (Å²) in [4.78, 5) is 22.8. The zero-order chi connectivity index (χ0) is 16.0. The van der Waals surface area contributed by atoms with Crippen LogP contribution in [0.5, 0.6) is 0 Å². The van der Waals surface area contributed by atoms with Crippen molar-refractivity contribution in [2.45, 2.75) is 50.7 Å². The van der Waals surface area contributed by atoms with Gasteiger partial charge in [-0.2, -0.15) is 13.2 Å². The maximum absolute atomic E-state index is 12.5. The van der Waals surface area contributed by atoms with Gasteiger partial charge in [-0.15, -0.1) is 12.3 Å². The van der Waals surface area contributed by atoms with Crippen LogP contribution in [0, 0.1) is 24.2 Å². The highest BCUT2D eigenvalue weighted by Gasteiger charge is 2.41. The molecular formula is C14H19F3N2O2. The van der Waals surface area contributed by atoms with Crippen LogP contribution in [0.1, 0.15) is 38.5 Å². The minimum Gasteiger partial charge on any atom is -0.368 e. The van der Waals surface area contributed by atoms with E-state index >= 15 is 0 Å². The van der Waals surface area contributed by atoms with Crippen molar-refractivity contribution in [2.75, 3.05) is 0 Å². The molecule has 118 valence electrons. The van der Waals surface area contributed by atoms with E-state index in [0.29, 0.717) is 12.8 Å². The lowest BCUT2D eigenvalue weighted by atomic mass is 9.80. The quantitative estimate of drug-likeness (QED) is 0.759. The fourth-order valence-corrected chi connectivity index (χ4v) is 2.55. The molecule has 0 bridgehead atoms. The molecule has 0 aromatic heterocycles. The van der Waals surface area contributed by atoms with Crippen LogP contribution in [0.25, 0.3) is 0 Å². The molecule has 0 aromatic rings. The second-order valence-electron chi connectivity index (χ2n) is 5.39. The molecule has 0 unspecified atom stereocenters. The van der Waals surface area contributed by atoms with Crippen molar-refractivity contribution in [3.63, 3.8) is 0 Å². The number of nitrogens with two attached hydrogens (primary N) is 1. The number of terminal acetylenes is 1. The van der Waals surface area contributed by atoms with E-state index in [1.807, 2.05) is 0 Å². The number of rotatable bonds is 5. The maximum Gasteiger partial charge on any atom is 0.391 e. The topological polar surface area (TPSA) is 72.2 Å². The van der Waals surface area contributed by atoms with Gasteiger partial charge in [-0.1, -0.05) is 0 Å². The van der Waals surface area contributed by atoms with E-state index in [9.17, 15) is 22.8 Å². The molecule has 1 atom stereocenters. The van der Waals surface area contributed by atoms with Crippen LogP contribution in [0.3, 0.4) is 0 Å². The third-order valence-electron chi connectivity index (χ3n) is 3.78. The number of primary amides is 1. The number of carbonyl (C=O) groups excluding carboxylic acids is 2. The molecule has 0 spiro atoms. The molecule has 0 heterocycles. The average molecular weight is 304 g/mol. The van der Waals surface area contributed by atoms with E-state index in [4.69, 9.17) is 12.2 Å². The summed E-state index contributed by atoms with van der Waals surface area (Å²) in [5.74, 6) is -0.240. The fraction of sp³-hybridized carbons (Fsp3) is 0.714. The third kappa shape index (κ3) is 5.66. The summed E-state index contributed by atoms with van der Waals surface area (Å²) in [6.07, 6.45) is 1.81. The fourth-order valence-electron chi connectivity index (χ4n) is 2.55. The van der Waals surface area contributed by atoms with Gasteiger partial charge < -0.3 is 11.1 Å². The zero-order valence-electron chi connectivity index (χ0n) is 11.6. The van der Waals surface area contributed by atoms with Crippen molar-refractivity contribution in [1.29, 1.82) is 0 Å². The lowest BCUT2D eigenvalue weighted by molar-refractivity contribution is -0.184. The highest BCUT2D eigenvalue weighted by atomic mass is 19.4. The Labute approximate surface area is 121 Å². The van der Waals surface area contributed by atoms with Crippen LogP contribution >= 0.6 is 0 Å². The molecule has 0 aliphatic heterocycles. The summed E-state index contributed by atoms with van der Waals surface area (Å²) in [5.41, 5.74) is 5.10. The van der Waals surface area contributed by atoms with Crippen LogP contribution in [0.2, 0.25) is 0 Å². The molecular weight excluding hydrogens is 285 g/mol. The molecule has 7 heteroatoms. The van der Waals surface area contributed by atoms with Crippen LogP contribution in [0.4, 0.5) is 13.2 Å². The van der Waals surface area contributed by atoms with Crippen molar-refractivity contribution < 1.29 is 22.8 Å². The standard InChI is InChI=1S/C14H19F3N2O2/c1-2-3-11(13(18)21)19-12(20)8-9-4-6-10(7-5-9)14(15,16)17/h1,9-11H,3-8H2,(H2,18,21)(H,19,20)/t9?,10?,11-/m1/s1. The Kier molecular flexibility index (Phi) is 6.06. The monoisotopic (exact) mass is 304 g/mol. The van der Waals surface area contributed by atoms with E-state index < -0.39 is 30.0 Å². The Hall–Kier alpha value is -1.71. The van der Waals surface area contributed by atoms with E-state index in [1.165, 1.54) is 0 Å². The van der Waals surface area contributed by atoms with Crippen molar-refractivity contribution in [3.05, 3.63) is 0 Å². The van der Waals surface area contributed by atoms with Gasteiger partial charge in [-0.3, -0.25) is 9.59 Å². The Morgan fingerprint density at radius 3 is 2.29 bits per heavy atom. The lowest BCUT2D eigenvalue weighted by Crippen LogP contribution is -2.44. The first kappa shape index (κ1) is 17.3. The van der Waals surface area contributed by atoms with Gasteiger partial charge in [0.05, 0.1) is 5.92 Å². The Morgan fingerprint density at radius 1 is 1.29 bits per heavy atom. The molecule has 3 N–H and O–H groups in total. The molecule has 2 amide bonds. The average Bonchev–Trinajstić information content (AvgIpc) is 2.37. The number of nitrogens with one attached hydrogen (secondary N) is 1. The molecule has 1 saturated carbocycles. The summed E-state index contributed by atoms with van der Waals surface area (Å²) < 4.78 is 37.6. The summed E-state index contributed by atoms with van der Waals surface area (Å²) in [5, 5.41) is 2.43. The maximum atomic E-state index is 12.5. The van der Waals surface area contributed by atoms with E-state index in [2.05, 4.69) is 11.2 Å². The van der Waals surface area contributed by atoms with Gasteiger partial charge in [-0.05, 0) is 31.6 Å². The smallest absolute Gasteiger partial charge is 0.368 e. The number of hydrogen-bond donors (Lipinski definition) is 2. The van der Waals surface area contributed by atoms with Gasteiger partial charge in [0.1, 0.15) is 6.04 Å². The molecule has 1 aliphatic rings. The number of alkyl halides is 3. The van der Waals surface area contributed by atoms with Crippen molar-refractivity contribution in [3.8, 4) is 12.3 Å². The van der Waals surface area contributed by atoms with E-state index in [1.54, 1.807) is 0 Å². The number of carbonyl (C=O) groups is 2. The van der Waals surface area contributed by atoms with Gasteiger partial charge >= 0.3 is 6.18 Å². The summed E-state index contributed by atoms with van der Waals surface area (Å²) >= 11 is 0. The highest BCUT2D eigenvalue weighted by Crippen LogP contribution is 2.40. The van der Waals surface area contributed by atoms with Crippen LogP contribution in [-0.2, 0) is 9.59 Å². The molecule has 0 radical (unpaired) electrons. The first-order valence-corrected chi connectivity index (χ1v) is 6.83. The van der Waals surface area contributed by atoms with Crippen molar-refractivity contribution in [2.24, 2.45) is 17.6 Å². The first-order valence-electron chi connectivity index (χ1n) is 6.83. The zero-order valence-corrected chi connectivity index (χ0v) is 11.6. The van der Waals surface area contributed by atoms with Gasteiger partial charge in [0.25, 0.3) is 0 Å². The Balaban J connectivity index is 2.40. The lowest BCUT2D eigenvalue weighted by Gasteiger charge is -2.29.